The molecule has 0 bridgehead atoms. The highest BCUT2D eigenvalue weighted by Gasteiger charge is 2.14. The maximum Gasteiger partial charge on any atom is 0.242 e. The summed E-state index contributed by atoms with van der Waals surface area (Å²) in [5.74, 6) is 1.82. The van der Waals surface area contributed by atoms with E-state index < -0.39 is 0 Å². The Morgan fingerprint density at radius 1 is 1.18 bits per heavy atom. The summed E-state index contributed by atoms with van der Waals surface area (Å²) in [5, 5.41) is 15.6. The monoisotopic (exact) mass is 485 g/mol. The number of hydrogen-bond donors (Lipinski definition) is 1. The lowest BCUT2D eigenvalue weighted by Gasteiger charge is -2.16. The van der Waals surface area contributed by atoms with Crippen molar-refractivity contribution >= 4 is 45.1 Å². The lowest BCUT2D eigenvalue weighted by molar-refractivity contribution is 0.267. The Morgan fingerprint density at radius 3 is 2.68 bits per heavy atom. The SMILES string of the molecule is CCOc1cc(CNc2nnnn2C)cc(Br)c1OCc1ccc(Cl)cc1Cl. The van der Waals surface area contributed by atoms with Crippen molar-refractivity contribution in [2.24, 2.45) is 7.05 Å². The van der Waals surface area contributed by atoms with Gasteiger partial charge in [0.05, 0.1) is 11.1 Å². The minimum atomic E-state index is 0.289. The molecule has 1 N–H and O–H groups in total. The zero-order valence-corrected chi connectivity index (χ0v) is 18.3. The first kappa shape index (κ1) is 20.7. The minimum absolute atomic E-state index is 0.289. The molecular weight excluding hydrogens is 469 g/mol. The predicted octanol–water partition coefficient (Wildman–Crippen LogP) is 4.87. The van der Waals surface area contributed by atoms with Gasteiger partial charge in [0.25, 0.3) is 0 Å². The van der Waals surface area contributed by atoms with E-state index in [1.165, 1.54) is 0 Å². The number of nitrogens with one attached hydrogen (secondary N) is 1. The maximum atomic E-state index is 6.23. The molecule has 10 heteroatoms. The molecule has 0 unspecified atom stereocenters. The van der Waals surface area contributed by atoms with Crippen molar-refractivity contribution in [1.82, 2.24) is 20.2 Å². The van der Waals surface area contributed by atoms with Crippen molar-refractivity contribution in [3.63, 3.8) is 0 Å². The standard InChI is InChI=1S/C18H18BrCl2N5O2/c1-3-27-16-7-11(9-22-18-23-24-25-26(18)2)6-14(19)17(16)28-10-12-4-5-13(20)8-15(12)21/h4-8H,3,9-10H2,1-2H3,(H,22,23,25). The van der Waals surface area contributed by atoms with Crippen LogP contribution < -0.4 is 14.8 Å². The van der Waals surface area contributed by atoms with Crippen LogP contribution in [-0.4, -0.2) is 26.8 Å². The summed E-state index contributed by atoms with van der Waals surface area (Å²) in [6, 6.07) is 9.19. The lowest BCUT2D eigenvalue weighted by atomic mass is 10.2. The van der Waals surface area contributed by atoms with E-state index in [4.69, 9.17) is 32.7 Å². The van der Waals surface area contributed by atoms with Crippen LogP contribution in [0.15, 0.2) is 34.8 Å². The number of aromatic nitrogens is 4. The van der Waals surface area contributed by atoms with Crippen molar-refractivity contribution in [2.75, 3.05) is 11.9 Å². The first-order valence-electron chi connectivity index (χ1n) is 8.46. The summed E-state index contributed by atoms with van der Waals surface area (Å²) in [5.41, 5.74) is 1.82. The average molecular weight is 487 g/mol. The Morgan fingerprint density at radius 2 is 2.00 bits per heavy atom. The third-order valence-corrected chi connectivity index (χ3v) is 5.00. The number of anilines is 1. The van der Waals surface area contributed by atoms with E-state index in [0.717, 1.165) is 15.6 Å². The molecule has 3 rings (SSSR count). The smallest absolute Gasteiger partial charge is 0.242 e. The van der Waals surface area contributed by atoms with Crippen molar-refractivity contribution < 1.29 is 9.47 Å². The Labute approximate surface area is 181 Å². The fourth-order valence-corrected chi connectivity index (χ4v) is 3.54. The molecule has 0 aliphatic rings. The summed E-state index contributed by atoms with van der Waals surface area (Å²) in [6.07, 6.45) is 0. The summed E-state index contributed by atoms with van der Waals surface area (Å²) < 4.78 is 14.1. The number of aryl methyl sites for hydroxylation is 1. The molecule has 1 aromatic heterocycles. The minimum Gasteiger partial charge on any atom is -0.490 e. The molecule has 0 amide bonds. The number of rotatable bonds is 8. The molecule has 28 heavy (non-hydrogen) atoms. The molecule has 0 fully saturated rings. The quantitative estimate of drug-likeness (QED) is 0.489. The lowest BCUT2D eigenvalue weighted by Crippen LogP contribution is -2.07. The number of benzene rings is 2. The summed E-state index contributed by atoms with van der Waals surface area (Å²) >= 11 is 15.8. The van der Waals surface area contributed by atoms with E-state index in [9.17, 15) is 0 Å². The summed E-state index contributed by atoms with van der Waals surface area (Å²) in [4.78, 5) is 0. The van der Waals surface area contributed by atoms with Gasteiger partial charge in [-0.15, -0.1) is 0 Å². The molecule has 0 aliphatic heterocycles. The molecule has 0 spiro atoms. The average Bonchev–Trinajstić information content (AvgIpc) is 3.06. The van der Waals surface area contributed by atoms with Crippen LogP contribution in [0.2, 0.25) is 10.0 Å². The molecule has 3 aromatic rings. The number of ether oxygens (including phenoxy) is 2. The van der Waals surface area contributed by atoms with Gasteiger partial charge in [0.15, 0.2) is 11.5 Å². The van der Waals surface area contributed by atoms with Crippen molar-refractivity contribution in [3.8, 4) is 11.5 Å². The maximum absolute atomic E-state index is 6.23. The second-order valence-corrected chi connectivity index (χ2v) is 7.54. The van der Waals surface area contributed by atoms with Crippen LogP contribution in [0.3, 0.4) is 0 Å². The van der Waals surface area contributed by atoms with Crippen LogP contribution in [0, 0.1) is 0 Å². The molecule has 1 heterocycles. The van der Waals surface area contributed by atoms with Crippen LogP contribution in [0.5, 0.6) is 11.5 Å². The first-order valence-corrected chi connectivity index (χ1v) is 10.0. The van der Waals surface area contributed by atoms with Gasteiger partial charge in [-0.1, -0.05) is 34.4 Å². The Kier molecular flexibility index (Phi) is 6.98. The number of hydrogen-bond acceptors (Lipinski definition) is 6. The largest absolute Gasteiger partial charge is 0.490 e. The van der Waals surface area contributed by atoms with Crippen LogP contribution in [0.4, 0.5) is 5.95 Å². The highest BCUT2D eigenvalue weighted by Crippen LogP contribution is 2.38. The fraction of sp³-hybridized carbons (Fsp3) is 0.278. The van der Waals surface area contributed by atoms with Gasteiger partial charge in [-0.05, 0) is 63.1 Å². The number of halogens is 3. The molecule has 7 nitrogen and oxygen atoms in total. The third kappa shape index (κ3) is 5.06. The van der Waals surface area contributed by atoms with Gasteiger partial charge in [0.1, 0.15) is 6.61 Å². The molecule has 148 valence electrons. The highest BCUT2D eigenvalue weighted by atomic mass is 79.9. The van der Waals surface area contributed by atoms with Crippen LogP contribution in [-0.2, 0) is 20.2 Å². The van der Waals surface area contributed by atoms with Crippen molar-refractivity contribution in [2.45, 2.75) is 20.1 Å². The molecular formula is C18H18BrCl2N5O2. The highest BCUT2D eigenvalue weighted by molar-refractivity contribution is 9.10. The zero-order valence-electron chi connectivity index (χ0n) is 15.2. The first-order chi connectivity index (χ1) is 13.5. The van der Waals surface area contributed by atoms with E-state index in [1.807, 2.05) is 25.1 Å². The van der Waals surface area contributed by atoms with Gasteiger partial charge in [0, 0.05) is 29.2 Å². The zero-order chi connectivity index (χ0) is 20.1. The van der Waals surface area contributed by atoms with Gasteiger partial charge in [-0.25, -0.2) is 4.68 Å². The normalized spacial score (nSPS) is 10.8. The summed E-state index contributed by atoms with van der Waals surface area (Å²) in [6.45, 7) is 3.24. The molecule has 0 aliphatic carbocycles. The topological polar surface area (TPSA) is 74.1 Å². The Balaban J connectivity index is 1.77. The molecule has 2 aromatic carbocycles. The fourth-order valence-electron chi connectivity index (χ4n) is 2.48. The van der Waals surface area contributed by atoms with Crippen LogP contribution in [0.25, 0.3) is 0 Å². The number of nitrogens with zero attached hydrogens (tertiary/aromatic N) is 4. The van der Waals surface area contributed by atoms with Crippen LogP contribution >= 0.6 is 39.1 Å². The van der Waals surface area contributed by atoms with Gasteiger partial charge in [-0.3, -0.25) is 0 Å². The Bertz CT molecular complexity index is 967. The van der Waals surface area contributed by atoms with Crippen LogP contribution in [0.1, 0.15) is 18.1 Å². The van der Waals surface area contributed by atoms with E-state index in [1.54, 1.807) is 23.9 Å². The van der Waals surface area contributed by atoms with Crippen molar-refractivity contribution in [1.29, 1.82) is 0 Å². The molecule has 0 saturated carbocycles. The third-order valence-electron chi connectivity index (χ3n) is 3.83. The summed E-state index contributed by atoms with van der Waals surface area (Å²) in [7, 11) is 1.77. The van der Waals surface area contributed by atoms with E-state index in [-0.39, 0.29) is 6.61 Å². The van der Waals surface area contributed by atoms with E-state index in [2.05, 4.69) is 36.8 Å². The number of tetrazole rings is 1. The molecule has 0 atom stereocenters. The van der Waals surface area contributed by atoms with Gasteiger partial charge < -0.3 is 14.8 Å². The molecule has 0 saturated heterocycles. The predicted molar refractivity (Wildman–Crippen MR) is 112 cm³/mol. The second-order valence-electron chi connectivity index (χ2n) is 5.84. The van der Waals surface area contributed by atoms with Gasteiger partial charge in [0.2, 0.25) is 5.95 Å². The van der Waals surface area contributed by atoms with Gasteiger partial charge >= 0.3 is 0 Å². The molecule has 0 radical (unpaired) electrons. The second kappa shape index (κ2) is 9.45. The van der Waals surface area contributed by atoms with E-state index >= 15 is 0 Å². The van der Waals surface area contributed by atoms with E-state index in [0.29, 0.717) is 40.6 Å². The van der Waals surface area contributed by atoms with Gasteiger partial charge in [-0.2, -0.15) is 0 Å². The van der Waals surface area contributed by atoms with Crippen molar-refractivity contribution in [3.05, 3.63) is 56.0 Å². The Hall–Kier alpha value is -2.03.